The molecule has 15 heavy (non-hydrogen) atoms. The fraction of sp³-hybridized carbons (Fsp3) is 0. The fourth-order valence-electron chi connectivity index (χ4n) is 1.21. The molecule has 0 aliphatic carbocycles. The molecule has 1 aromatic heterocycles. The number of carboxylic acid groups (broad SMARTS) is 1. The Morgan fingerprint density at radius 3 is 2.87 bits per heavy atom. The Balaban J connectivity index is 2.84. The standard InChI is InChI=1S/C9H5IN2O3/c10-4-1-2-6-5(3-4)8(13)12-7(11-6)9(14)15/h1-3H,(H,14,15)(H,11,12,13). The van der Waals surface area contributed by atoms with Crippen molar-refractivity contribution in [1.29, 1.82) is 0 Å². The van der Waals surface area contributed by atoms with E-state index in [1.54, 1.807) is 18.2 Å². The van der Waals surface area contributed by atoms with Crippen LogP contribution in [0.5, 0.6) is 0 Å². The lowest BCUT2D eigenvalue weighted by atomic mass is 10.2. The van der Waals surface area contributed by atoms with Crippen molar-refractivity contribution in [2.45, 2.75) is 0 Å². The third kappa shape index (κ3) is 1.84. The van der Waals surface area contributed by atoms with E-state index < -0.39 is 11.5 Å². The monoisotopic (exact) mass is 316 g/mol. The number of hydrogen-bond acceptors (Lipinski definition) is 3. The Kier molecular flexibility index (Phi) is 2.43. The van der Waals surface area contributed by atoms with E-state index in [-0.39, 0.29) is 5.82 Å². The van der Waals surface area contributed by atoms with Crippen molar-refractivity contribution < 1.29 is 9.90 Å². The van der Waals surface area contributed by atoms with Crippen LogP contribution in [0.4, 0.5) is 0 Å². The minimum atomic E-state index is -1.24. The van der Waals surface area contributed by atoms with Gasteiger partial charge in [-0.3, -0.25) is 4.79 Å². The number of halogens is 1. The number of hydrogen-bond donors (Lipinski definition) is 2. The van der Waals surface area contributed by atoms with E-state index in [1.807, 2.05) is 0 Å². The summed E-state index contributed by atoms with van der Waals surface area (Å²) >= 11 is 2.07. The molecule has 0 unspecified atom stereocenters. The van der Waals surface area contributed by atoms with Crippen LogP contribution in [0.15, 0.2) is 23.0 Å². The molecule has 0 spiro atoms. The summed E-state index contributed by atoms with van der Waals surface area (Å²) in [5.74, 6) is -1.58. The molecule has 0 aliphatic heterocycles. The van der Waals surface area contributed by atoms with E-state index in [4.69, 9.17) is 5.11 Å². The highest BCUT2D eigenvalue weighted by Gasteiger charge is 2.09. The summed E-state index contributed by atoms with van der Waals surface area (Å²) in [6, 6.07) is 5.05. The number of H-pyrrole nitrogens is 1. The number of carboxylic acids is 1. The molecule has 1 heterocycles. The van der Waals surface area contributed by atoms with Crippen molar-refractivity contribution in [3.8, 4) is 0 Å². The lowest BCUT2D eigenvalue weighted by molar-refractivity contribution is 0.0683. The van der Waals surface area contributed by atoms with Gasteiger partial charge in [0.05, 0.1) is 10.9 Å². The molecular weight excluding hydrogens is 311 g/mol. The first-order valence-corrected chi connectivity index (χ1v) is 5.08. The zero-order chi connectivity index (χ0) is 11.0. The highest BCUT2D eigenvalue weighted by Crippen LogP contribution is 2.11. The molecule has 0 amide bonds. The first-order valence-electron chi connectivity index (χ1n) is 4.01. The van der Waals surface area contributed by atoms with Crippen LogP contribution in [0.25, 0.3) is 10.9 Å². The van der Waals surface area contributed by atoms with Crippen LogP contribution in [0.3, 0.4) is 0 Å². The van der Waals surface area contributed by atoms with Gasteiger partial charge in [-0.15, -0.1) is 0 Å². The first-order chi connectivity index (χ1) is 7.08. The normalized spacial score (nSPS) is 10.5. The van der Waals surface area contributed by atoms with Gasteiger partial charge < -0.3 is 10.1 Å². The number of benzene rings is 1. The summed E-state index contributed by atoms with van der Waals surface area (Å²) in [4.78, 5) is 28.1. The minimum absolute atomic E-state index is 0.339. The molecule has 76 valence electrons. The van der Waals surface area contributed by atoms with Crippen LogP contribution < -0.4 is 5.56 Å². The summed E-state index contributed by atoms with van der Waals surface area (Å²) in [7, 11) is 0. The molecule has 0 saturated carbocycles. The van der Waals surface area contributed by atoms with Gasteiger partial charge in [-0.05, 0) is 40.8 Å². The number of rotatable bonds is 1. The molecule has 0 bridgehead atoms. The predicted octanol–water partition coefficient (Wildman–Crippen LogP) is 1.23. The van der Waals surface area contributed by atoms with Crippen LogP contribution >= 0.6 is 22.6 Å². The van der Waals surface area contributed by atoms with E-state index >= 15 is 0 Å². The van der Waals surface area contributed by atoms with Gasteiger partial charge in [0.15, 0.2) is 0 Å². The van der Waals surface area contributed by atoms with Crippen molar-refractivity contribution in [2.75, 3.05) is 0 Å². The highest BCUT2D eigenvalue weighted by atomic mass is 127. The number of nitrogens with one attached hydrogen (secondary N) is 1. The molecule has 0 saturated heterocycles. The highest BCUT2D eigenvalue weighted by molar-refractivity contribution is 14.1. The van der Waals surface area contributed by atoms with Crippen molar-refractivity contribution in [3.63, 3.8) is 0 Å². The summed E-state index contributed by atoms with van der Waals surface area (Å²) in [6.07, 6.45) is 0. The summed E-state index contributed by atoms with van der Waals surface area (Å²) < 4.78 is 0.899. The van der Waals surface area contributed by atoms with E-state index in [0.717, 1.165) is 3.57 Å². The van der Waals surface area contributed by atoms with Crippen LogP contribution in [-0.2, 0) is 0 Å². The molecule has 2 N–H and O–H groups in total. The lowest BCUT2D eigenvalue weighted by Crippen LogP contribution is -2.15. The topological polar surface area (TPSA) is 83.0 Å². The Morgan fingerprint density at radius 2 is 2.20 bits per heavy atom. The SMILES string of the molecule is O=C(O)c1nc2ccc(I)cc2c(=O)[nH]1. The van der Waals surface area contributed by atoms with E-state index in [0.29, 0.717) is 10.9 Å². The largest absolute Gasteiger partial charge is 0.475 e. The molecule has 0 radical (unpaired) electrons. The van der Waals surface area contributed by atoms with Crippen molar-refractivity contribution in [1.82, 2.24) is 9.97 Å². The number of aromatic nitrogens is 2. The van der Waals surface area contributed by atoms with Gasteiger partial charge in [-0.2, -0.15) is 0 Å². The molecule has 2 aromatic rings. The van der Waals surface area contributed by atoms with Crippen LogP contribution in [0, 0.1) is 3.57 Å². The number of fused-ring (bicyclic) bond motifs is 1. The second kappa shape index (κ2) is 3.61. The minimum Gasteiger partial charge on any atom is -0.475 e. The third-order valence-electron chi connectivity index (χ3n) is 1.87. The fourth-order valence-corrected chi connectivity index (χ4v) is 1.70. The molecule has 1 aromatic carbocycles. The molecule has 0 aliphatic rings. The second-order valence-corrected chi connectivity index (χ2v) is 4.13. The molecule has 6 heteroatoms. The number of aromatic amines is 1. The lowest BCUT2D eigenvalue weighted by Gasteiger charge is -1.98. The second-order valence-electron chi connectivity index (χ2n) is 2.88. The van der Waals surface area contributed by atoms with E-state index in [2.05, 4.69) is 32.6 Å². The van der Waals surface area contributed by atoms with Crippen molar-refractivity contribution >= 4 is 39.5 Å². The average Bonchev–Trinajstić information content (AvgIpc) is 2.18. The quantitative estimate of drug-likeness (QED) is 0.775. The first kappa shape index (κ1) is 10.1. The van der Waals surface area contributed by atoms with Crippen LogP contribution in [0.1, 0.15) is 10.6 Å². The van der Waals surface area contributed by atoms with E-state index in [9.17, 15) is 9.59 Å². The molecule has 5 nitrogen and oxygen atoms in total. The summed E-state index contributed by atoms with van der Waals surface area (Å²) in [6.45, 7) is 0. The maximum Gasteiger partial charge on any atom is 0.372 e. The number of carbonyl (C=O) groups is 1. The van der Waals surface area contributed by atoms with Gasteiger partial charge in [0, 0.05) is 3.57 Å². The molecule has 0 atom stereocenters. The van der Waals surface area contributed by atoms with Crippen LogP contribution in [0.2, 0.25) is 0 Å². The van der Waals surface area contributed by atoms with Gasteiger partial charge in [-0.1, -0.05) is 0 Å². The molecule has 2 rings (SSSR count). The van der Waals surface area contributed by atoms with Gasteiger partial charge in [0.1, 0.15) is 0 Å². The summed E-state index contributed by atoms with van der Waals surface area (Å²) in [5.41, 5.74) is -0.0486. The van der Waals surface area contributed by atoms with Gasteiger partial charge in [0.25, 0.3) is 5.56 Å². The molecule has 0 fully saturated rings. The molecular formula is C9H5IN2O3. The van der Waals surface area contributed by atoms with Crippen molar-refractivity contribution in [3.05, 3.63) is 37.9 Å². The number of nitrogens with zero attached hydrogens (tertiary/aromatic N) is 1. The maximum atomic E-state index is 11.5. The van der Waals surface area contributed by atoms with Gasteiger partial charge in [0.2, 0.25) is 5.82 Å². The zero-order valence-electron chi connectivity index (χ0n) is 7.32. The summed E-state index contributed by atoms with van der Waals surface area (Å²) in [5, 5.41) is 9.08. The number of aromatic carboxylic acids is 1. The average molecular weight is 316 g/mol. The Bertz CT molecular complexity index is 606. The van der Waals surface area contributed by atoms with Gasteiger partial charge in [-0.25, -0.2) is 9.78 Å². The third-order valence-corrected chi connectivity index (χ3v) is 2.54. The predicted molar refractivity (Wildman–Crippen MR) is 62.0 cm³/mol. The Hall–Kier alpha value is -1.44. The van der Waals surface area contributed by atoms with Gasteiger partial charge >= 0.3 is 5.97 Å². The smallest absolute Gasteiger partial charge is 0.372 e. The Labute approximate surface area is 97.3 Å². The van der Waals surface area contributed by atoms with Crippen LogP contribution in [-0.4, -0.2) is 21.0 Å². The maximum absolute atomic E-state index is 11.5. The van der Waals surface area contributed by atoms with Crippen molar-refractivity contribution in [2.24, 2.45) is 0 Å². The van der Waals surface area contributed by atoms with E-state index in [1.165, 1.54) is 0 Å². The Morgan fingerprint density at radius 1 is 1.47 bits per heavy atom. The zero-order valence-corrected chi connectivity index (χ0v) is 9.48.